The number of anilines is 1. The van der Waals surface area contributed by atoms with E-state index >= 15 is 0 Å². The average Bonchev–Trinajstić information content (AvgIpc) is 3.38. The monoisotopic (exact) mass is 469 g/mol. The Morgan fingerprint density at radius 2 is 1.71 bits per heavy atom. The maximum Gasteiger partial charge on any atom is 0.227 e. The van der Waals surface area contributed by atoms with Crippen molar-refractivity contribution >= 4 is 22.6 Å². The second-order valence-electron chi connectivity index (χ2n) is 9.60. The number of rotatable bonds is 7. The summed E-state index contributed by atoms with van der Waals surface area (Å²) in [7, 11) is 0. The highest BCUT2D eigenvalue weighted by Crippen LogP contribution is 2.33. The fraction of sp³-hybridized carbons (Fsp3) is 0.310. The molecule has 35 heavy (non-hydrogen) atoms. The molecule has 2 heterocycles. The Kier molecular flexibility index (Phi) is 6.31. The molecule has 1 aromatic heterocycles. The van der Waals surface area contributed by atoms with Crippen LogP contribution in [0.4, 0.5) is 5.69 Å². The van der Waals surface area contributed by atoms with Crippen LogP contribution in [0.5, 0.6) is 5.75 Å². The zero-order valence-electron chi connectivity index (χ0n) is 20.4. The molecule has 2 atom stereocenters. The number of aromatic nitrogens is 2. The van der Waals surface area contributed by atoms with Gasteiger partial charge in [0.05, 0.1) is 17.6 Å². The number of benzene rings is 3. The lowest BCUT2D eigenvalue weighted by molar-refractivity contribution is -0.117. The third-order valence-corrected chi connectivity index (χ3v) is 6.55. The van der Waals surface area contributed by atoms with E-state index < -0.39 is 6.10 Å². The molecule has 1 N–H and O–H groups in total. The normalized spacial score (nSPS) is 16.7. The van der Waals surface area contributed by atoms with Crippen LogP contribution in [0.1, 0.15) is 34.9 Å². The summed E-state index contributed by atoms with van der Waals surface area (Å²) in [5.74, 6) is 1.63. The lowest BCUT2D eigenvalue weighted by atomic mass is 10.1. The van der Waals surface area contributed by atoms with Crippen molar-refractivity contribution in [2.24, 2.45) is 0 Å². The minimum atomic E-state index is -0.725. The molecule has 6 heteroatoms. The lowest BCUT2D eigenvalue weighted by Crippen LogP contribution is -2.26. The van der Waals surface area contributed by atoms with E-state index in [4.69, 9.17) is 9.72 Å². The van der Waals surface area contributed by atoms with Gasteiger partial charge in [-0.2, -0.15) is 0 Å². The maximum absolute atomic E-state index is 12.9. The van der Waals surface area contributed by atoms with Gasteiger partial charge in [0.25, 0.3) is 0 Å². The van der Waals surface area contributed by atoms with Crippen molar-refractivity contribution in [1.82, 2.24) is 9.55 Å². The molecule has 1 aliphatic rings. The predicted octanol–water partition coefficient (Wildman–Crippen LogP) is 4.92. The molecule has 0 spiro atoms. The van der Waals surface area contributed by atoms with E-state index in [2.05, 4.69) is 10.6 Å². The number of nitrogens with zero attached hydrogens (tertiary/aromatic N) is 3. The molecule has 4 aromatic rings. The van der Waals surface area contributed by atoms with Gasteiger partial charge in [0.15, 0.2) is 0 Å². The number of hydrogen-bond acceptors (Lipinski definition) is 4. The van der Waals surface area contributed by atoms with Gasteiger partial charge in [-0.05, 0) is 68.3 Å². The van der Waals surface area contributed by atoms with Crippen LogP contribution in [0.25, 0.3) is 11.0 Å². The summed E-state index contributed by atoms with van der Waals surface area (Å²) in [4.78, 5) is 19.7. The number of carbonyl (C=O) groups is 1. The van der Waals surface area contributed by atoms with E-state index in [9.17, 15) is 9.90 Å². The van der Waals surface area contributed by atoms with Gasteiger partial charge in [-0.1, -0.05) is 35.9 Å². The van der Waals surface area contributed by atoms with Crippen molar-refractivity contribution in [3.63, 3.8) is 0 Å². The molecule has 1 saturated heterocycles. The second kappa shape index (κ2) is 9.55. The van der Waals surface area contributed by atoms with Gasteiger partial charge in [0, 0.05) is 24.6 Å². The van der Waals surface area contributed by atoms with Crippen molar-refractivity contribution in [3.05, 3.63) is 89.2 Å². The number of para-hydroxylation sites is 2. The zero-order chi connectivity index (χ0) is 24.5. The van der Waals surface area contributed by atoms with Gasteiger partial charge in [0.2, 0.25) is 5.91 Å². The predicted molar refractivity (Wildman–Crippen MR) is 138 cm³/mol. The molecule has 0 unspecified atom stereocenters. The molecule has 1 fully saturated rings. The van der Waals surface area contributed by atoms with Crippen molar-refractivity contribution in [2.45, 2.75) is 45.8 Å². The highest BCUT2D eigenvalue weighted by atomic mass is 16.5. The number of carbonyl (C=O) groups excluding carboxylic acids is 1. The van der Waals surface area contributed by atoms with E-state index in [-0.39, 0.29) is 18.4 Å². The van der Waals surface area contributed by atoms with E-state index in [1.807, 2.05) is 86.3 Å². The number of fused-ring (bicyclic) bond motifs is 1. The van der Waals surface area contributed by atoms with Crippen molar-refractivity contribution in [3.8, 4) is 5.75 Å². The number of aryl methyl sites for hydroxylation is 3. The number of amides is 1. The zero-order valence-corrected chi connectivity index (χ0v) is 20.4. The average molecular weight is 470 g/mol. The van der Waals surface area contributed by atoms with Crippen LogP contribution in [0.2, 0.25) is 0 Å². The van der Waals surface area contributed by atoms with Gasteiger partial charge in [-0.3, -0.25) is 4.79 Å². The minimum absolute atomic E-state index is 0.0521. The lowest BCUT2D eigenvalue weighted by Gasteiger charge is -2.19. The van der Waals surface area contributed by atoms with Crippen molar-refractivity contribution in [2.75, 3.05) is 18.1 Å². The highest BCUT2D eigenvalue weighted by Gasteiger charge is 2.35. The summed E-state index contributed by atoms with van der Waals surface area (Å²) in [6, 6.07) is 22.0. The highest BCUT2D eigenvalue weighted by molar-refractivity contribution is 5.96. The summed E-state index contributed by atoms with van der Waals surface area (Å²) in [5.41, 5.74) is 6.14. The number of hydrogen-bond donors (Lipinski definition) is 1. The minimum Gasteiger partial charge on any atom is -0.491 e. The van der Waals surface area contributed by atoms with E-state index in [1.54, 1.807) is 0 Å². The molecule has 5 rings (SSSR count). The Morgan fingerprint density at radius 3 is 2.46 bits per heavy atom. The topological polar surface area (TPSA) is 67.6 Å². The fourth-order valence-electron chi connectivity index (χ4n) is 4.92. The fourth-order valence-corrected chi connectivity index (χ4v) is 4.92. The van der Waals surface area contributed by atoms with Crippen LogP contribution in [0, 0.1) is 20.8 Å². The van der Waals surface area contributed by atoms with Gasteiger partial charge < -0.3 is 19.3 Å². The molecule has 0 saturated carbocycles. The number of imidazole rings is 1. The molecular formula is C29H31N3O3. The molecule has 180 valence electrons. The Morgan fingerprint density at radius 1 is 1.00 bits per heavy atom. The SMILES string of the molecule is Cc1ccc(N2C[C@@H](c3nc4ccccc4n3C[C@@H](O)COc3cc(C)cc(C)c3)CC2=O)cc1. The molecule has 6 nitrogen and oxygen atoms in total. The maximum atomic E-state index is 12.9. The Hall–Kier alpha value is -3.64. The summed E-state index contributed by atoms with van der Waals surface area (Å²) < 4.78 is 7.97. The summed E-state index contributed by atoms with van der Waals surface area (Å²) in [5, 5.41) is 10.9. The first-order valence-electron chi connectivity index (χ1n) is 12.1. The smallest absolute Gasteiger partial charge is 0.227 e. The van der Waals surface area contributed by atoms with Crippen LogP contribution in [-0.2, 0) is 11.3 Å². The van der Waals surface area contributed by atoms with E-state index in [0.29, 0.717) is 19.5 Å². The van der Waals surface area contributed by atoms with Gasteiger partial charge in [-0.25, -0.2) is 4.98 Å². The Balaban J connectivity index is 1.37. The summed E-state index contributed by atoms with van der Waals surface area (Å²) >= 11 is 0. The largest absolute Gasteiger partial charge is 0.491 e. The second-order valence-corrected chi connectivity index (χ2v) is 9.60. The van der Waals surface area contributed by atoms with Crippen molar-refractivity contribution in [1.29, 1.82) is 0 Å². The quantitative estimate of drug-likeness (QED) is 0.417. The van der Waals surface area contributed by atoms with Crippen molar-refractivity contribution < 1.29 is 14.6 Å². The molecule has 0 aliphatic carbocycles. The number of aliphatic hydroxyl groups excluding tert-OH is 1. The van der Waals surface area contributed by atoms with E-state index in [0.717, 1.165) is 45.0 Å². The third-order valence-electron chi connectivity index (χ3n) is 6.55. The molecule has 0 bridgehead atoms. The van der Waals surface area contributed by atoms with Gasteiger partial charge in [0.1, 0.15) is 24.3 Å². The molecule has 1 amide bonds. The Labute approximate surface area is 205 Å². The first-order chi connectivity index (χ1) is 16.9. The van der Waals surface area contributed by atoms with Crippen LogP contribution < -0.4 is 9.64 Å². The molecular weight excluding hydrogens is 438 g/mol. The van der Waals surface area contributed by atoms with Gasteiger partial charge >= 0.3 is 0 Å². The van der Waals surface area contributed by atoms with Crippen LogP contribution >= 0.6 is 0 Å². The first kappa shape index (κ1) is 23.1. The molecule has 3 aromatic carbocycles. The molecule has 0 radical (unpaired) electrons. The number of ether oxygens (including phenoxy) is 1. The van der Waals surface area contributed by atoms with E-state index in [1.165, 1.54) is 0 Å². The van der Waals surface area contributed by atoms with Crippen LogP contribution in [0.3, 0.4) is 0 Å². The standard InChI is InChI=1S/C29H31N3O3/c1-19-8-10-23(11-9-19)31-16-22(15-28(31)34)29-30-26-6-4-5-7-27(26)32(29)17-24(33)18-35-25-13-20(2)12-21(3)14-25/h4-14,22,24,33H,15-18H2,1-3H3/t22-,24+/m0/s1. The summed E-state index contributed by atoms with van der Waals surface area (Å²) in [6.07, 6.45) is -0.329. The first-order valence-corrected chi connectivity index (χ1v) is 12.1. The van der Waals surface area contributed by atoms with Gasteiger partial charge in [-0.15, -0.1) is 0 Å². The summed E-state index contributed by atoms with van der Waals surface area (Å²) in [6.45, 7) is 7.19. The number of aliphatic hydroxyl groups is 1. The Bertz CT molecular complexity index is 1340. The molecule has 1 aliphatic heterocycles. The van der Waals surface area contributed by atoms with Crippen LogP contribution in [-0.4, -0.2) is 39.8 Å². The van der Waals surface area contributed by atoms with Crippen LogP contribution in [0.15, 0.2) is 66.7 Å². The third kappa shape index (κ3) is 4.93.